The first-order chi connectivity index (χ1) is 15.3. The molecule has 32 heavy (non-hydrogen) atoms. The first-order valence-corrected chi connectivity index (χ1v) is 11.1. The minimum atomic E-state index is -0.460. The Hall–Kier alpha value is -2.88. The second kappa shape index (κ2) is 10.6. The zero-order chi connectivity index (χ0) is 23.3. The summed E-state index contributed by atoms with van der Waals surface area (Å²) in [7, 11) is 0. The molecule has 0 radical (unpaired) electrons. The number of nitro benzene ring substituents is 1. The molecular weight excluding hydrogens is 472 g/mol. The summed E-state index contributed by atoms with van der Waals surface area (Å²) in [5.74, 6) is 0.588. The average Bonchev–Trinajstić information content (AvgIpc) is 3.01. The first kappa shape index (κ1) is 23.8. The second-order valence-electron chi connectivity index (χ2n) is 6.56. The van der Waals surface area contributed by atoms with Crippen LogP contribution in [0.4, 0.5) is 5.69 Å². The van der Waals surface area contributed by atoms with Crippen LogP contribution in [0.3, 0.4) is 0 Å². The van der Waals surface area contributed by atoms with Crippen molar-refractivity contribution in [3.05, 3.63) is 80.2 Å². The number of nitrogens with zero attached hydrogens (tertiary/aromatic N) is 2. The van der Waals surface area contributed by atoms with Gasteiger partial charge in [-0.1, -0.05) is 41.7 Å². The maximum atomic E-state index is 12.6. The Labute approximate surface area is 199 Å². The van der Waals surface area contributed by atoms with Crippen molar-refractivity contribution in [2.75, 3.05) is 13.2 Å². The zero-order valence-corrected chi connectivity index (χ0v) is 19.5. The van der Waals surface area contributed by atoms with Gasteiger partial charge < -0.3 is 9.47 Å². The molecule has 0 atom stereocenters. The van der Waals surface area contributed by atoms with E-state index in [1.54, 1.807) is 36.4 Å². The van der Waals surface area contributed by atoms with Gasteiger partial charge in [-0.2, -0.15) is 0 Å². The highest BCUT2D eigenvalue weighted by Crippen LogP contribution is 2.39. The van der Waals surface area contributed by atoms with Crippen LogP contribution in [0.25, 0.3) is 6.08 Å². The fraction of sp³-hybridized carbons (Fsp3) is 0.182. The predicted octanol–water partition coefficient (Wildman–Crippen LogP) is 5.61. The van der Waals surface area contributed by atoms with Crippen LogP contribution in [0.1, 0.15) is 18.1 Å². The number of halogens is 1. The third kappa shape index (κ3) is 5.48. The maximum absolute atomic E-state index is 12.6. The molecule has 1 aliphatic rings. The van der Waals surface area contributed by atoms with Crippen LogP contribution >= 0.6 is 35.6 Å². The Morgan fingerprint density at radius 1 is 1.28 bits per heavy atom. The van der Waals surface area contributed by atoms with Crippen molar-refractivity contribution in [1.29, 1.82) is 0 Å². The molecule has 0 N–H and O–H groups in total. The van der Waals surface area contributed by atoms with Crippen molar-refractivity contribution in [2.45, 2.75) is 13.5 Å². The van der Waals surface area contributed by atoms with Crippen LogP contribution in [0.15, 0.2) is 54.0 Å². The fourth-order valence-electron chi connectivity index (χ4n) is 2.88. The molecule has 10 heteroatoms. The van der Waals surface area contributed by atoms with Gasteiger partial charge in [-0.3, -0.25) is 19.8 Å². The number of nitro groups is 1. The number of carbonyl (C=O) groups is 1. The number of ether oxygens (including phenoxy) is 2. The van der Waals surface area contributed by atoms with Crippen LogP contribution < -0.4 is 9.47 Å². The topological polar surface area (TPSA) is 81.9 Å². The SMILES string of the molecule is C=CCN1C(=O)/C(=C\c2cc(Cl)c(OCc3ccc([N+](=O)[O-])cc3)c(OCC)c2)SC1=S. The molecule has 0 aliphatic carbocycles. The van der Waals surface area contributed by atoms with Gasteiger partial charge in [0.2, 0.25) is 0 Å². The molecule has 1 saturated heterocycles. The van der Waals surface area contributed by atoms with E-state index in [1.807, 2.05) is 6.92 Å². The number of non-ortho nitro benzene ring substituents is 1. The number of carbonyl (C=O) groups excluding carboxylic acids is 1. The van der Waals surface area contributed by atoms with Gasteiger partial charge in [0, 0.05) is 18.7 Å². The summed E-state index contributed by atoms with van der Waals surface area (Å²) >= 11 is 12.9. The van der Waals surface area contributed by atoms with Gasteiger partial charge >= 0.3 is 0 Å². The van der Waals surface area contributed by atoms with E-state index < -0.39 is 4.92 Å². The summed E-state index contributed by atoms with van der Waals surface area (Å²) in [6.07, 6.45) is 3.33. The Morgan fingerprint density at radius 2 is 2.00 bits per heavy atom. The van der Waals surface area contributed by atoms with Gasteiger partial charge in [0.25, 0.3) is 11.6 Å². The molecule has 1 aliphatic heterocycles. The number of rotatable bonds is 9. The standard InChI is InChI=1S/C22H19ClN2O5S2/c1-3-9-24-21(26)19(32-22(24)31)12-15-10-17(23)20(18(11-15)29-4-2)30-13-14-5-7-16(8-6-14)25(27)28/h3,5-8,10-12H,1,4,9,13H2,2H3/b19-12+. The molecule has 166 valence electrons. The normalized spacial score (nSPS) is 14.7. The van der Waals surface area contributed by atoms with E-state index in [9.17, 15) is 14.9 Å². The van der Waals surface area contributed by atoms with Gasteiger partial charge in [0.15, 0.2) is 11.5 Å². The smallest absolute Gasteiger partial charge is 0.269 e. The highest BCUT2D eigenvalue weighted by Gasteiger charge is 2.31. The Kier molecular flexibility index (Phi) is 7.89. The third-order valence-electron chi connectivity index (χ3n) is 4.35. The molecule has 3 rings (SSSR count). The first-order valence-electron chi connectivity index (χ1n) is 9.52. The summed E-state index contributed by atoms with van der Waals surface area (Å²) in [6.45, 7) is 6.36. The Bertz CT molecular complexity index is 1100. The summed E-state index contributed by atoms with van der Waals surface area (Å²) in [4.78, 5) is 24.9. The minimum absolute atomic E-state index is 0.00430. The lowest BCUT2D eigenvalue weighted by atomic mass is 10.1. The van der Waals surface area contributed by atoms with Crippen molar-refractivity contribution < 1.29 is 19.2 Å². The van der Waals surface area contributed by atoms with Gasteiger partial charge in [-0.25, -0.2) is 0 Å². The Balaban J connectivity index is 1.83. The maximum Gasteiger partial charge on any atom is 0.269 e. The molecule has 0 unspecified atom stereocenters. The minimum Gasteiger partial charge on any atom is -0.490 e. The second-order valence-corrected chi connectivity index (χ2v) is 8.64. The van der Waals surface area contributed by atoms with Gasteiger partial charge in [0.1, 0.15) is 10.9 Å². The lowest BCUT2D eigenvalue weighted by molar-refractivity contribution is -0.384. The molecular formula is C22H19ClN2O5S2. The van der Waals surface area contributed by atoms with Crippen molar-refractivity contribution in [3.63, 3.8) is 0 Å². The van der Waals surface area contributed by atoms with Gasteiger partial charge in [-0.15, -0.1) is 6.58 Å². The number of hydrogen-bond acceptors (Lipinski definition) is 7. The van der Waals surface area contributed by atoms with Gasteiger partial charge in [0.05, 0.1) is 21.5 Å². The van der Waals surface area contributed by atoms with Crippen LogP contribution in [-0.2, 0) is 11.4 Å². The van der Waals surface area contributed by atoms with Crippen LogP contribution in [-0.4, -0.2) is 33.2 Å². The molecule has 7 nitrogen and oxygen atoms in total. The number of hydrogen-bond donors (Lipinski definition) is 0. The summed E-state index contributed by atoms with van der Waals surface area (Å²) < 4.78 is 12.0. The van der Waals surface area contributed by atoms with E-state index in [-0.39, 0.29) is 18.2 Å². The highest BCUT2D eigenvalue weighted by atomic mass is 35.5. The zero-order valence-electron chi connectivity index (χ0n) is 17.1. The van der Waals surface area contributed by atoms with Crippen molar-refractivity contribution in [3.8, 4) is 11.5 Å². The van der Waals surface area contributed by atoms with Crippen molar-refractivity contribution in [2.24, 2.45) is 0 Å². The number of amides is 1. The van der Waals surface area contributed by atoms with E-state index in [2.05, 4.69) is 6.58 Å². The van der Waals surface area contributed by atoms with Crippen LogP contribution in [0.2, 0.25) is 5.02 Å². The van der Waals surface area contributed by atoms with E-state index in [0.717, 1.165) is 5.56 Å². The molecule has 0 spiro atoms. The number of thiocarbonyl (C=S) groups is 1. The fourth-order valence-corrected chi connectivity index (χ4v) is 4.43. The van der Waals surface area contributed by atoms with E-state index >= 15 is 0 Å². The predicted molar refractivity (Wildman–Crippen MR) is 130 cm³/mol. The summed E-state index contributed by atoms with van der Waals surface area (Å²) in [5.41, 5.74) is 1.41. The Morgan fingerprint density at radius 3 is 2.62 bits per heavy atom. The van der Waals surface area contributed by atoms with E-state index in [0.29, 0.717) is 44.5 Å². The molecule has 0 aromatic heterocycles. The lowest BCUT2D eigenvalue weighted by Crippen LogP contribution is -2.27. The molecule has 2 aromatic carbocycles. The van der Waals surface area contributed by atoms with Crippen LogP contribution in [0, 0.1) is 10.1 Å². The van der Waals surface area contributed by atoms with Gasteiger partial charge in [-0.05, 0) is 48.4 Å². The molecule has 1 amide bonds. The molecule has 0 saturated carbocycles. The monoisotopic (exact) mass is 490 g/mol. The van der Waals surface area contributed by atoms with E-state index in [4.69, 9.17) is 33.3 Å². The lowest BCUT2D eigenvalue weighted by Gasteiger charge is -2.15. The number of thioether (sulfide) groups is 1. The van der Waals surface area contributed by atoms with Crippen molar-refractivity contribution in [1.82, 2.24) is 4.90 Å². The van der Waals surface area contributed by atoms with Crippen molar-refractivity contribution >= 4 is 57.6 Å². The third-order valence-corrected chi connectivity index (χ3v) is 6.00. The summed E-state index contributed by atoms with van der Waals surface area (Å²) in [6, 6.07) is 9.47. The average molecular weight is 491 g/mol. The van der Waals surface area contributed by atoms with Crippen LogP contribution in [0.5, 0.6) is 11.5 Å². The highest BCUT2D eigenvalue weighted by molar-refractivity contribution is 8.26. The molecule has 2 aromatic rings. The van der Waals surface area contributed by atoms with E-state index in [1.165, 1.54) is 28.8 Å². The summed E-state index contributed by atoms with van der Waals surface area (Å²) in [5, 5.41) is 11.1. The molecule has 1 heterocycles. The quantitative estimate of drug-likeness (QED) is 0.148. The number of benzene rings is 2. The molecule has 0 bridgehead atoms. The largest absolute Gasteiger partial charge is 0.490 e. The molecule has 1 fully saturated rings.